The van der Waals surface area contributed by atoms with E-state index in [2.05, 4.69) is 16.8 Å². The van der Waals surface area contributed by atoms with Gasteiger partial charge in [-0.3, -0.25) is 0 Å². The van der Waals surface area contributed by atoms with Crippen molar-refractivity contribution in [1.29, 1.82) is 0 Å². The summed E-state index contributed by atoms with van der Waals surface area (Å²) in [5, 5.41) is 7.28. The fourth-order valence-corrected chi connectivity index (χ4v) is 0.392. The van der Waals surface area contributed by atoms with Crippen LogP contribution in [0.1, 0.15) is 6.42 Å². The molecule has 0 aromatic heterocycles. The standard InChI is InChI=1S/C5H6N2/c1-5-3-2-4-6-7-5/h2,4H,1,3H2. The second-order valence-electron chi connectivity index (χ2n) is 1.37. The van der Waals surface area contributed by atoms with Crippen LogP contribution in [-0.4, -0.2) is 0 Å². The highest BCUT2D eigenvalue weighted by atomic mass is 15.1. The summed E-state index contributed by atoms with van der Waals surface area (Å²) in [5.41, 5.74) is 0.836. The van der Waals surface area contributed by atoms with Crippen LogP contribution in [0.3, 0.4) is 0 Å². The van der Waals surface area contributed by atoms with Crippen molar-refractivity contribution in [3.63, 3.8) is 0 Å². The van der Waals surface area contributed by atoms with E-state index >= 15 is 0 Å². The Hall–Kier alpha value is -0.920. The summed E-state index contributed by atoms with van der Waals surface area (Å²) < 4.78 is 0. The first-order valence-corrected chi connectivity index (χ1v) is 2.13. The maximum absolute atomic E-state index is 3.67. The van der Waals surface area contributed by atoms with Crippen molar-refractivity contribution < 1.29 is 0 Å². The van der Waals surface area contributed by atoms with Gasteiger partial charge in [0.25, 0.3) is 0 Å². The van der Waals surface area contributed by atoms with Crippen LogP contribution < -0.4 is 0 Å². The first-order chi connectivity index (χ1) is 3.39. The molecule has 0 bridgehead atoms. The number of azo groups is 1. The SMILES string of the molecule is C=C1CC=CN=N1. The van der Waals surface area contributed by atoms with Crippen LogP contribution in [-0.2, 0) is 0 Å². The van der Waals surface area contributed by atoms with Crippen molar-refractivity contribution >= 4 is 0 Å². The fourth-order valence-electron chi connectivity index (χ4n) is 0.392. The summed E-state index contributed by atoms with van der Waals surface area (Å²) >= 11 is 0. The van der Waals surface area contributed by atoms with Crippen molar-refractivity contribution in [2.75, 3.05) is 0 Å². The number of allylic oxidation sites excluding steroid dienone is 1. The summed E-state index contributed by atoms with van der Waals surface area (Å²) in [7, 11) is 0. The van der Waals surface area contributed by atoms with E-state index in [0.29, 0.717) is 0 Å². The number of nitrogens with zero attached hydrogens (tertiary/aromatic N) is 2. The van der Waals surface area contributed by atoms with E-state index in [1.807, 2.05) is 6.08 Å². The molecule has 2 heteroatoms. The lowest BCUT2D eigenvalue weighted by Crippen LogP contribution is -1.73. The predicted molar refractivity (Wildman–Crippen MR) is 27.8 cm³/mol. The lowest BCUT2D eigenvalue weighted by molar-refractivity contribution is 1.02. The average molecular weight is 94.1 g/mol. The van der Waals surface area contributed by atoms with Gasteiger partial charge in [0.1, 0.15) is 0 Å². The van der Waals surface area contributed by atoms with Gasteiger partial charge >= 0.3 is 0 Å². The van der Waals surface area contributed by atoms with Crippen molar-refractivity contribution in [3.8, 4) is 0 Å². The minimum absolute atomic E-state index is 0.836. The molecule has 0 fully saturated rings. The molecule has 0 saturated heterocycles. The maximum Gasteiger partial charge on any atom is 0.0597 e. The third-order valence-electron chi connectivity index (χ3n) is 0.725. The summed E-state index contributed by atoms with van der Waals surface area (Å²) in [6.07, 6.45) is 4.45. The zero-order valence-electron chi connectivity index (χ0n) is 3.96. The highest BCUT2D eigenvalue weighted by Crippen LogP contribution is 2.05. The molecule has 0 amide bonds. The lowest BCUT2D eigenvalue weighted by Gasteiger charge is -1.92. The fraction of sp³-hybridized carbons (Fsp3) is 0.200. The molecule has 0 aromatic rings. The molecule has 0 N–H and O–H groups in total. The van der Waals surface area contributed by atoms with Crippen molar-refractivity contribution in [2.24, 2.45) is 10.2 Å². The van der Waals surface area contributed by atoms with Gasteiger partial charge in [-0.05, 0) is 0 Å². The van der Waals surface area contributed by atoms with E-state index in [9.17, 15) is 0 Å². The molecule has 0 radical (unpaired) electrons. The summed E-state index contributed by atoms with van der Waals surface area (Å²) in [4.78, 5) is 0. The summed E-state index contributed by atoms with van der Waals surface area (Å²) in [6.45, 7) is 3.60. The molecule has 1 heterocycles. The van der Waals surface area contributed by atoms with Gasteiger partial charge in [-0.25, -0.2) is 0 Å². The molecule has 1 aliphatic heterocycles. The molecule has 0 aliphatic carbocycles. The van der Waals surface area contributed by atoms with E-state index in [0.717, 1.165) is 12.1 Å². The molecular formula is C5H6N2. The number of hydrogen-bond donors (Lipinski definition) is 0. The minimum atomic E-state index is 0.836. The van der Waals surface area contributed by atoms with Gasteiger partial charge in [0.05, 0.1) is 5.70 Å². The zero-order chi connectivity index (χ0) is 5.11. The molecule has 2 nitrogen and oxygen atoms in total. The second kappa shape index (κ2) is 1.69. The Labute approximate surface area is 42.3 Å². The minimum Gasteiger partial charge on any atom is -0.159 e. The molecular weight excluding hydrogens is 88.1 g/mol. The van der Waals surface area contributed by atoms with Crippen LogP contribution in [0.25, 0.3) is 0 Å². The van der Waals surface area contributed by atoms with Crippen LogP contribution >= 0.6 is 0 Å². The normalized spacial score (nSPS) is 18.0. The molecule has 1 aliphatic rings. The highest BCUT2D eigenvalue weighted by Gasteiger charge is 1.87. The molecule has 7 heavy (non-hydrogen) atoms. The average Bonchev–Trinajstić information content (AvgIpc) is 1.69. The van der Waals surface area contributed by atoms with E-state index in [1.165, 1.54) is 0 Å². The van der Waals surface area contributed by atoms with Gasteiger partial charge in [0, 0.05) is 12.6 Å². The Balaban J connectivity index is 2.66. The smallest absolute Gasteiger partial charge is 0.0597 e. The molecule has 36 valence electrons. The van der Waals surface area contributed by atoms with Crippen molar-refractivity contribution in [1.82, 2.24) is 0 Å². The van der Waals surface area contributed by atoms with Gasteiger partial charge in [0.15, 0.2) is 0 Å². The zero-order valence-corrected chi connectivity index (χ0v) is 3.96. The maximum atomic E-state index is 3.67. The lowest BCUT2D eigenvalue weighted by atomic mass is 10.3. The Morgan fingerprint density at radius 1 is 1.71 bits per heavy atom. The van der Waals surface area contributed by atoms with E-state index in [-0.39, 0.29) is 0 Å². The Bertz CT molecular complexity index is 133. The molecule has 0 aromatic carbocycles. The largest absolute Gasteiger partial charge is 0.159 e. The van der Waals surface area contributed by atoms with E-state index in [1.54, 1.807) is 6.20 Å². The molecule has 0 spiro atoms. The van der Waals surface area contributed by atoms with Gasteiger partial charge in [0.2, 0.25) is 0 Å². The Kier molecular flexibility index (Phi) is 1.02. The van der Waals surface area contributed by atoms with Crippen LogP contribution in [0.4, 0.5) is 0 Å². The quantitative estimate of drug-likeness (QED) is 0.437. The molecule has 0 atom stereocenters. The Morgan fingerprint density at radius 3 is 2.86 bits per heavy atom. The second-order valence-corrected chi connectivity index (χ2v) is 1.37. The Morgan fingerprint density at radius 2 is 2.57 bits per heavy atom. The summed E-state index contributed by atoms with van der Waals surface area (Å²) in [6, 6.07) is 0. The van der Waals surface area contributed by atoms with Crippen LogP contribution in [0.15, 0.2) is 34.8 Å². The topological polar surface area (TPSA) is 24.7 Å². The monoisotopic (exact) mass is 94.1 g/mol. The van der Waals surface area contributed by atoms with Crippen LogP contribution in [0.2, 0.25) is 0 Å². The van der Waals surface area contributed by atoms with Gasteiger partial charge in [-0.2, -0.15) is 10.2 Å². The van der Waals surface area contributed by atoms with Crippen molar-refractivity contribution in [2.45, 2.75) is 6.42 Å². The first-order valence-electron chi connectivity index (χ1n) is 2.13. The third kappa shape index (κ3) is 0.961. The molecule has 0 unspecified atom stereocenters. The molecule has 0 saturated carbocycles. The van der Waals surface area contributed by atoms with E-state index < -0.39 is 0 Å². The van der Waals surface area contributed by atoms with Gasteiger partial charge in [-0.15, -0.1) is 0 Å². The number of hydrogen-bond acceptors (Lipinski definition) is 2. The van der Waals surface area contributed by atoms with Crippen molar-refractivity contribution in [3.05, 3.63) is 24.6 Å². The van der Waals surface area contributed by atoms with Crippen LogP contribution in [0.5, 0.6) is 0 Å². The third-order valence-corrected chi connectivity index (χ3v) is 0.725. The number of rotatable bonds is 0. The molecule has 1 rings (SSSR count). The van der Waals surface area contributed by atoms with Gasteiger partial charge < -0.3 is 0 Å². The summed E-state index contributed by atoms with van der Waals surface area (Å²) in [5.74, 6) is 0. The van der Waals surface area contributed by atoms with Crippen LogP contribution in [0, 0.1) is 0 Å². The predicted octanol–water partition coefficient (Wildman–Crippen LogP) is 1.87. The highest BCUT2D eigenvalue weighted by molar-refractivity contribution is 5.02. The first kappa shape index (κ1) is 4.24. The van der Waals surface area contributed by atoms with Gasteiger partial charge in [-0.1, -0.05) is 12.7 Å². The van der Waals surface area contributed by atoms with E-state index in [4.69, 9.17) is 0 Å².